The fraction of sp³-hybridized carbons (Fsp3) is 0.333. The van der Waals surface area contributed by atoms with Crippen molar-refractivity contribution in [1.29, 1.82) is 0 Å². The van der Waals surface area contributed by atoms with Crippen LogP contribution >= 0.6 is 0 Å². The van der Waals surface area contributed by atoms with Crippen molar-refractivity contribution in [3.05, 3.63) is 47.8 Å². The Labute approximate surface area is 152 Å². The van der Waals surface area contributed by atoms with Gasteiger partial charge < -0.3 is 14.4 Å². The number of ether oxygens (including phenoxy) is 2. The minimum Gasteiger partial charge on any atom is -0.495 e. The van der Waals surface area contributed by atoms with Crippen molar-refractivity contribution in [2.24, 2.45) is 0 Å². The third-order valence-corrected chi connectivity index (χ3v) is 5.55. The van der Waals surface area contributed by atoms with E-state index in [1.165, 1.54) is 25.3 Å². The first-order valence-electron chi connectivity index (χ1n) is 8.20. The number of morpholine rings is 1. The summed E-state index contributed by atoms with van der Waals surface area (Å²) in [7, 11) is -2.55. The van der Waals surface area contributed by atoms with Crippen LogP contribution in [0.15, 0.2) is 41.3 Å². The highest BCUT2D eigenvalue weighted by Gasteiger charge is 2.23. The summed E-state index contributed by atoms with van der Waals surface area (Å²) in [6.45, 7) is 4.08. The summed E-state index contributed by atoms with van der Waals surface area (Å²) < 4.78 is 52.7. The molecule has 0 unspecified atom stereocenters. The van der Waals surface area contributed by atoms with E-state index in [2.05, 4.69) is 4.72 Å². The number of aryl methyl sites for hydroxylation is 1. The van der Waals surface area contributed by atoms with E-state index in [0.29, 0.717) is 32.0 Å². The van der Waals surface area contributed by atoms with Crippen LogP contribution in [0.1, 0.15) is 5.56 Å². The maximum Gasteiger partial charge on any atom is 0.265 e. The summed E-state index contributed by atoms with van der Waals surface area (Å²) in [6, 6.07) is 8.96. The lowest BCUT2D eigenvalue weighted by molar-refractivity contribution is 0.123. The highest BCUT2D eigenvalue weighted by Crippen LogP contribution is 2.32. The molecule has 0 bridgehead atoms. The van der Waals surface area contributed by atoms with Crippen LogP contribution in [0.3, 0.4) is 0 Å². The Kier molecular flexibility index (Phi) is 5.33. The van der Waals surface area contributed by atoms with Gasteiger partial charge in [-0.1, -0.05) is 6.07 Å². The van der Waals surface area contributed by atoms with Crippen molar-refractivity contribution in [2.45, 2.75) is 11.8 Å². The van der Waals surface area contributed by atoms with E-state index in [1.54, 1.807) is 25.1 Å². The lowest BCUT2D eigenvalue weighted by atomic mass is 10.2. The number of methoxy groups -OCH3 is 1. The molecule has 1 heterocycles. The molecule has 0 aliphatic carbocycles. The lowest BCUT2D eigenvalue weighted by Crippen LogP contribution is -2.36. The number of halogens is 1. The topological polar surface area (TPSA) is 67.9 Å². The van der Waals surface area contributed by atoms with E-state index in [-0.39, 0.29) is 16.3 Å². The van der Waals surface area contributed by atoms with Crippen LogP contribution in [0.2, 0.25) is 0 Å². The molecule has 1 N–H and O–H groups in total. The molecule has 0 aromatic heterocycles. The summed E-state index contributed by atoms with van der Waals surface area (Å²) in [5.41, 5.74) is 1.58. The van der Waals surface area contributed by atoms with Gasteiger partial charge in [0.25, 0.3) is 10.0 Å². The predicted molar refractivity (Wildman–Crippen MR) is 98.0 cm³/mol. The van der Waals surface area contributed by atoms with Gasteiger partial charge >= 0.3 is 0 Å². The van der Waals surface area contributed by atoms with E-state index < -0.39 is 15.8 Å². The Morgan fingerprint density at radius 2 is 1.88 bits per heavy atom. The first-order valence-corrected chi connectivity index (χ1v) is 9.69. The molecule has 0 saturated carbocycles. The average Bonchev–Trinajstić information content (AvgIpc) is 2.62. The highest BCUT2D eigenvalue weighted by molar-refractivity contribution is 7.92. The molecule has 1 aliphatic rings. The molecule has 2 aromatic rings. The standard InChI is InChI=1S/C18H21FN2O4S/c1-13-3-6-17(24-2)18(11-13)26(22,23)20-15-12-14(19)4-5-16(15)21-7-9-25-10-8-21/h3-6,11-12,20H,7-10H2,1-2H3. The first kappa shape index (κ1) is 18.5. The molecule has 0 radical (unpaired) electrons. The van der Waals surface area contributed by atoms with Crippen LogP contribution in [-0.4, -0.2) is 41.8 Å². The van der Waals surface area contributed by atoms with Gasteiger partial charge in [-0.15, -0.1) is 0 Å². The number of hydrogen-bond donors (Lipinski definition) is 1. The second-order valence-electron chi connectivity index (χ2n) is 6.02. The maximum atomic E-state index is 13.8. The molecular weight excluding hydrogens is 359 g/mol. The lowest BCUT2D eigenvalue weighted by Gasteiger charge is -2.30. The van der Waals surface area contributed by atoms with Gasteiger partial charge in [0.2, 0.25) is 0 Å². The fourth-order valence-electron chi connectivity index (χ4n) is 2.86. The molecule has 3 rings (SSSR count). The van der Waals surface area contributed by atoms with E-state index in [9.17, 15) is 12.8 Å². The van der Waals surface area contributed by atoms with Crippen molar-refractivity contribution in [3.63, 3.8) is 0 Å². The van der Waals surface area contributed by atoms with Crippen LogP contribution in [0.5, 0.6) is 5.75 Å². The number of benzene rings is 2. The van der Waals surface area contributed by atoms with Gasteiger partial charge in [-0.25, -0.2) is 12.8 Å². The summed E-state index contributed by atoms with van der Waals surface area (Å²) in [5, 5.41) is 0. The molecule has 1 fully saturated rings. The van der Waals surface area contributed by atoms with Crippen LogP contribution < -0.4 is 14.4 Å². The smallest absolute Gasteiger partial charge is 0.265 e. The van der Waals surface area contributed by atoms with Crippen molar-refractivity contribution in [1.82, 2.24) is 0 Å². The SMILES string of the molecule is COc1ccc(C)cc1S(=O)(=O)Nc1cc(F)ccc1N1CCOCC1. The summed E-state index contributed by atoms with van der Waals surface area (Å²) >= 11 is 0. The normalized spacial score (nSPS) is 15.0. The quantitative estimate of drug-likeness (QED) is 0.864. The average molecular weight is 380 g/mol. The zero-order valence-corrected chi connectivity index (χ0v) is 15.5. The van der Waals surface area contributed by atoms with Gasteiger partial charge in [-0.2, -0.15) is 0 Å². The molecule has 1 aliphatic heterocycles. The summed E-state index contributed by atoms with van der Waals surface area (Å²) in [6.07, 6.45) is 0. The number of anilines is 2. The Bertz CT molecular complexity index is 896. The van der Waals surface area contributed by atoms with Crippen molar-refractivity contribution < 1.29 is 22.3 Å². The van der Waals surface area contributed by atoms with Crippen LogP contribution in [0, 0.1) is 12.7 Å². The zero-order valence-electron chi connectivity index (χ0n) is 14.7. The molecule has 0 spiro atoms. The Morgan fingerprint density at radius 1 is 1.15 bits per heavy atom. The zero-order chi connectivity index (χ0) is 18.7. The molecule has 140 valence electrons. The molecular formula is C18H21FN2O4S. The van der Waals surface area contributed by atoms with E-state index in [0.717, 1.165) is 5.56 Å². The monoisotopic (exact) mass is 380 g/mol. The van der Waals surface area contributed by atoms with Crippen LogP contribution in [0.4, 0.5) is 15.8 Å². The molecule has 1 saturated heterocycles. The molecule has 8 heteroatoms. The number of nitrogens with zero attached hydrogens (tertiary/aromatic N) is 1. The van der Waals surface area contributed by atoms with Crippen molar-refractivity contribution >= 4 is 21.4 Å². The molecule has 6 nitrogen and oxygen atoms in total. The van der Waals surface area contributed by atoms with Crippen LogP contribution in [0.25, 0.3) is 0 Å². The summed E-state index contributed by atoms with van der Waals surface area (Å²) in [4.78, 5) is 1.98. The van der Waals surface area contributed by atoms with Gasteiger partial charge in [0.1, 0.15) is 16.5 Å². The van der Waals surface area contributed by atoms with Gasteiger partial charge in [-0.05, 0) is 36.8 Å². The highest BCUT2D eigenvalue weighted by atomic mass is 32.2. The van der Waals surface area contributed by atoms with Crippen LogP contribution in [-0.2, 0) is 14.8 Å². The number of sulfonamides is 1. The summed E-state index contributed by atoms with van der Waals surface area (Å²) in [5.74, 6) is -0.289. The van der Waals surface area contributed by atoms with Gasteiger partial charge in [0, 0.05) is 19.2 Å². The number of hydrogen-bond acceptors (Lipinski definition) is 5. The molecule has 2 aromatic carbocycles. The minimum atomic E-state index is -3.96. The maximum absolute atomic E-state index is 13.8. The second kappa shape index (κ2) is 7.51. The molecule has 0 atom stereocenters. The Hall–Kier alpha value is -2.32. The van der Waals surface area contributed by atoms with Gasteiger partial charge in [0.05, 0.1) is 31.7 Å². The third-order valence-electron chi connectivity index (χ3n) is 4.16. The second-order valence-corrected chi connectivity index (χ2v) is 7.67. The predicted octanol–water partition coefficient (Wildman–Crippen LogP) is 2.78. The van der Waals surface area contributed by atoms with Crippen molar-refractivity contribution in [3.8, 4) is 5.75 Å². The third kappa shape index (κ3) is 3.91. The van der Waals surface area contributed by atoms with E-state index in [4.69, 9.17) is 9.47 Å². The number of nitrogens with one attached hydrogen (secondary N) is 1. The van der Waals surface area contributed by atoms with Crippen molar-refractivity contribution in [2.75, 3.05) is 43.0 Å². The molecule has 26 heavy (non-hydrogen) atoms. The minimum absolute atomic E-state index is 0.0113. The fourth-order valence-corrected chi connectivity index (χ4v) is 4.18. The first-order chi connectivity index (χ1) is 12.4. The Morgan fingerprint density at radius 3 is 2.58 bits per heavy atom. The number of rotatable bonds is 5. The van der Waals surface area contributed by atoms with E-state index >= 15 is 0 Å². The van der Waals surface area contributed by atoms with Gasteiger partial charge in [0.15, 0.2) is 0 Å². The van der Waals surface area contributed by atoms with E-state index in [1.807, 2.05) is 4.90 Å². The van der Waals surface area contributed by atoms with Gasteiger partial charge in [-0.3, -0.25) is 4.72 Å². The Balaban J connectivity index is 2.00. The molecule has 0 amide bonds. The largest absolute Gasteiger partial charge is 0.495 e.